The molecule has 1 aliphatic rings. The van der Waals surface area contributed by atoms with Crippen LogP contribution in [0, 0.1) is 0 Å². The minimum Gasteiger partial charge on any atom is -0.497 e. The molecule has 0 spiro atoms. The molecule has 4 rings (SSSR count). The third-order valence-electron chi connectivity index (χ3n) is 6.24. The van der Waals surface area contributed by atoms with E-state index in [0.29, 0.717) is 6.54 Å². The van der Waals surface area contributed by atoms with E-state index in [1.54, 1.807) is 7.11 Å². The van der Waals surface area contributed by atoms with Gasteiger partial charge < -0.3 is 29.3 Å². The second-order valence-corrected chi connectivity index (χ2v) is 8.26. The predicted molar refractivity (Wildman–Crippen MR) is 118 cm³/mol. The summed E-state index contributed by atoms with van der Waals surface area (Å²) in [6, 6.07) is 18.7. The number of nitrogens with one attached hydrogen (secondary N) is 2. The van der Waals surface area contributed by atoms with E-state index in [-0.39, 0.29) is 6.61 Å². The number of hydrogen-bond donors (Lipinski definition) is 4. The highest BCUT2D eigenvalue weighted by atomic mass is 16.5. The average molecular weight is 412 g/mol. The van der Waals surface area contributed by atoms with Crippen molar-refractivity contribution in [1.82, 2.24) is 4.57 Å². The van der Waals surface area contributed by atoms with Crippen LogP contribution in [0.15, 0.2) is 54.6 Å². The van der Waals surface area contributed by atoms with Gasteiger partial charge in [-0.1, -0.05) is 18.2 Å². The van der Waals surface area contributed by atoms with Gasteiger partial charge in [0.1, 0.15) is 51.1 Å². The van der Waals surface area contributed by atoms with Crippen LogP contribution in [-0.2, 0) is 6.54 Å². The SMILES string of the molecule is COc1ccc(-c2cc3ccccc3n2C[C@H](O)C[NH+]2CC[NH+](CCO)CC2)cc1. The average Bonchev–Trinajstić information content (AvgIpc) is 3.14. The first kappa shape index (κ1) is 20.9. The van der Waals surface area contributed by atoms with E-state index in [0.717, 1.165) is 61.8 Å². The molecule has 0 bridgehead atoms. The summed E-state index contributed by atoms with van der Waals surface area (Å²) in [4.78, 5) is 2.92. The minimum atomic E-state index is -0.410. The van der Waals surface area contributed by atoms with E-state index in [1.165, 1.54) is 15.2 Å². The highest BCUT2D eigenvalue weighted by molar-refractivity contribution is 5.87. The van der Waals surface area contributed by atoms with E-state index in [2.05, 4.69) is 47.0 Å². The van der Waals surface area contributed by atoms with Crippen molar-refractivity contribution in [1.29, 1.82) is 0 Å². The summed E-state index contributed by atoms with van der Waals surface area (Å²) in [6.45, 7) is 6.62. The van der Waals surface area contributed by atoms with Gasteiger partial charge in [-0.25, -0.2) is 0 Å². The zero-order valence-corrected chi connectivity index (χ0v) is 17.7. The van der Waals surface area contributed by atoms with Crippen molar-refractivity contribution < 1.29 is 24.7 Å². The van der Waals surface area contributed by atoms with Crippen molar-refractivity contribution in [2.24, 2.45) is 0 Å². The monoisotopic (exact) mass is 411 g/mol. The van der Waals surface area contributed by atoms with Crippen LogP contribution < -0.4 is 14.5 Å². The standard InChI is InChI=1S/C24H31N3O3/c1-30-22-8-6-19(7-9-22)24-16-20-4-2-3-5-23(20)27(24)18-21(29)17-26-12-10-25(11-13-26)14-15-28/h2-9,16,21,28-29H,10-15,17-18H2,1H3/p+2/t21-/m1/s1. The molecular weight excluding hydrogens is 378 g/mol. The van der Waals surface area contributed by atoms with Gasteiger partial charge in [-0.2, -0.15) is 0 Å². The number of para-hydroxylation sites is 1. The quantitative estimate of drug-likeness (QED) is 0.402. The molecule has 1 saturated heterocycles. The maximum Gasteiger partial charge on any atom is 0.127 e. The van der Waals surface area contributed by atoms with E-state index >= 15 is 0 Å². The molecule has 6 heteroatoms. The number of rotatable bonds is 8. The van der Waals surface area contributed by atoms with Crippen molar-refractivity contribution in [3.8, 4) is 17.0 Å². The number of aliphatic hydroxyl groups excluding tert-OH is 2. The van der Waals surface area contributed by atoms with E-state index in [9.17, 15) is 5.11 Å². The van der Waals surface area contributed by atoms with Crippen LogP contribution in [0.3, 0.4) is 0 Å². The van der Waals surface area contributed by atoms with Gasteiger partial charge in [0, 0.05) is 16.6 Å². The Labute approximate surface area is 177 Å². The molecule has 160 valence electrons. The second kappa shape index (κ2) is 9.62. The van der Waals surface area contributed by atoms with Crippen molar-refractivity contribution in [3.63, 3.8) is 0 Å². The number of quaternary nitrogens is 2. The fraction of sp³-hybridized carbons (Fsp3) is 0.417. The lowest BCUT2D eigenvalue weighted by Crippen LogP contribution is -3.28. The van der Waals surface area contributed by atoms with Crippen LogP contribution in [0.5, 0.6) is 5.75 Å². The Morgan fingerprint density at radius 1 is 1.00 bits per heavy atom. The number of benzene rings is 2. The molecule has 0 unspecified atom stereocenters. The Bertz CT molecular complexity index is 946. The van der Waals surface area contributed by atoms with Crippen LogP contribution >= 0.6 is 0 Å². The summed E-state index contributed by atoms with van der Waals surface area (Å²) in [7, 11) is 1.68. The van der Waals surface area contributed by atoms with E-state index in [4.69, 9.17) is 9.84 Å². The third-order valence-corrected chi connectivity index (χ3v) is 6.24. The Hall–Kier alpha value is -2.38. The Kier molecular flexibility index (Phi) is 6.69. The molecule has 0 radical (unpaired) electrons. The first-order valence-electron chi connectivity index (χ1n) is 10.9. The lowest BCUT2D eigenvalue weighted by atomic mass is 10.1. The number of piperazine rings is 1. The van der Waals surface area contributed by atoms with E-state index in [1.807, 2.05) is 12.1 Å². The molecule has 0 aliphatic carbocycles. The van der Waals surface area contributed by atoms with Crippen LogP contribution in [0.2, 0.25) is 0 Å². The van der Waals surface area contributed by atoms with Gasteiger partial charge >= 0.3 is 0 Å². The Morgan fingerprint density at radius 3 is 2.40 bits per heavy atom. The summed E-state index contributed by atoms with van der Waals surface area (Å²) in [5.74, 6) is 0.840. The summed E-state index contributed by atoms with van der Waals surface area (Å²) < 4.78 is 7.55. The smallest absolute Gasteiger partial charge is 0.127 e. The molecule has 2 aromatic carbocycles. The van der Waals surface area contributed by atoms with Gasteiger partial charge in [0.15, 0.2) is 0 Å². The number of hydrogen-bond acceptors (Lipinski definition) is 3. The molecule has 1 atom stereocenters. The van der Waals surface area contributed by atoms with Gasteiger partial charge in [-0.15, -0.1) is 0 Å². The normalized spacial score (nSPS) is 20.4. The third kappa shape index (κ3) is 4.68. The number of nitrogens with zero attached hydrogens (tertiary/aromatic N) is 1. The minimum absolute atomic E-state index is 0.252. The molecule has 1 aromatic heterocycles. The highest BCUT2D eigenvalue weighted by Gasteiger charge is 2.25. The van der Waals surface area contributed by atoms with Crippen molar-refractivity contribution in [3.05, 3.63) is 54.6 Å². The molecule has 2 heterocycles. The Morgan fingerprint density at radius 2 is 1.70 bits per heavy atom. The van der Waals surface area contributed by atoms with Crippen molar-refractivity contribution in [2.45, 2.75) is 12.6 Å². The topological polar surface area (TPSA) is 63.5 Å². The van der Waals surface area contributed by atoms with Gasteiger partial charge in [0.2, 0.25) is 0 Å². The predicted octanol–water partition coefficient (Wildman–Crippen LogP) is -0.546. The maximum atomic E-state index is 10.9. The first-order chi connectivity index (χ1) is 14.7. The van der Waals surface area contributed by atoms with Gasteiger partial charge in [-0.3, -0.25) is 0 Å². The van der Waals surface area contributed by atoms with Crippen LogP contribution in [0.1, 0.15) is 0 Å². The van der Waals surface area contributed by atoms with Crippen molar-refractivity contribution in [2.75, 3.05) is 53.0 Å². The molecule has 3 aromatic rings. The molecule has 0 amide bonds. The lowest BCUT2D eigenvalue weighted by Gasteiger charge is -2.30. The number of methoxy groups -OCH3 is 1. The van der Waals surface area contributed by atoms with Crippen LogP contribution in [-0.4, -0.2) is 73.9 Å². The molecular formula is C24H33N3O3+2. The summed E-state index contributed by atoms with van der Waals surface area (Å²) in [6.07, 6.45) is -0.410. The fourth-order valence-electron chi connectivity index (χ4n) is 4.59. The van der Waals surface area contributed by atoms with E-state index < -0.39 is 6.10 Å². The fourth-order valence-corrected chi connectivity index (χ4v) is 4.59. The first-order valence-corrected chi connectivity index (χ1v) is 10.9. The van der Waals surface area contributed by atoms with Gasteiger partial charge in [0.05, 0.1) is 20.3 Å². The highest BCUT2D eigenvalue weighted by Crippen LogP contribution is 2.29. The van der Waals surface area contributed by atoms with Gasteiger partial charge in [0.25, 0.3) is 0 Å². The number of fused-ring (bicyclic) bond motifs is 1. The largest absolute Gasteiger partial charge is 0.497 e. The lowest BCUT2D eigenvalue weighted by molar-refractivity contribution is -1.01. The van der Waals surface area contributed by atoms with Crippen LogP contribution in [0.25, 0.3) is 22.2 Å². The number of aliphatic hydroxyl groups is 2. The maximum absolute atomic E-state index is 10.9. The molecule has 4 N–H and O–H groups in total. The molecule has 1 fully saturated rings. The van der Waals surface area contributed by atoms with Crippen LogP contribution in [0.4, 0.5) is 0 Å². The number of ether oxygens (including phenoxy) is 1. The zero-order valence-electron chi connectivity index (χ0n) is 17.7. The molecule has 0 saturated carbocycles. The van der Waals surface area contributed by atoms with Crippen molar-refractivity contribution >= 4 is 10.9 Å². The molecule has 1 aliphatic heterocycles. The molecule has 6 nitrogen and oxygen atoms in total. The summed E-state index contributed by atoms with van der Waals surface area (Å²) in [5.41, 5.74) is 3.38. The Balaban J connectivity index is 1.51. The zero-order chi connectivity index (χ0) is 20.9. The second-order valence-electron chi connectivity index (χ2n) is 8.26. The number of aromatic nitrogens is 1. The summed E-state index contributed by atoms with van der Waals surface area (Å²) in [5, 5.41) is 21.3. The molecule has 30 heavy (non-hydrogen) atoms. The summed E-state index contributed by atoms with van der Waals surface area (Å²) >= 11 is 0. The van der Waals surface area contributed by atoms with Gasteiger partial charge in [-0.05, 0) is 42.0 Å².